The number of benzene rings is 1. The van der Waals surface area contributed by atoms with Crippen molar-refractivity contribution in [2.24, 2.45) is 0 Å². The molecule has 6 heteroatoms. The van der Waals surface area contributed by atoms with Crippen molar-refractivity contribution in [1.82, 2.24) is 14.9 Å². The molecule has 2 atom stereocenters. The SMILES string of the molecule is O=C(OCc1ccccc1)N1C2C=C(c3cnc(N4CCCC4)nc3)CC1CC2. The van der Waals surface area contributed by atoms with Gasteiger partial charge in [-0.15, -0.1) is 0 Å². The summed E-state index contributed by atoms with van der Waals surface area (Å²) in [7, 11) is 0. The minimum atomic E-state index is -0.211. The molecule has 0 N–H and O–H groups in total. The van der Waals surface area contributed by atoms with Gasteiger partial charge in [0, 0.05) is 37.1 Å². The molecule has 1 aromatic carbocycles. The Balaban J connectivity index is 1.26. The third-order valence-electron chi connectivity index (χ3n) is 6.21. The van der Waals surface area contributed by atoms with E-state index in [1.807, 2.05) is 47.6 Å². The van der Waals surface area contributed by atoms with Gasteiger partial charge in [-0.3, -0.25) is 4.90 Å². The zero-order valence-electron chi connectivity index (χ0n) is 16.5. The fourth-order valence-corrected chi connectivity index (χ4v) is 4.69. The van der Waals surface area contributed by atoms with Crippen LogP contribution in [0.2, 0.25) is 0 Å². The first-order chi connectivity index (χ1) is 14.3. The van der Waals surface area contributed by atoms with Crippen molar-refractivity contribution in [2.75, 3.05) is 18.0 Å². The average molecular weight is 390 g/mol. The lowest BCUT2D eigenvalue weighted by Gasteiger charge is -2.33. The summed E-state index contributed by atoms with van der Waals surface area (Å²) in [5, 5.41) is 0. The molecule has 29 heavy (non-hydrogen) atoms. The number of hydrogen-bond donors (Lipinski definition) is 0. The summed E-state index contributed by atoms with van der Waals surface area (Å²) >= 11 is 0. The number of ether oxygens (including phenoxy) is 1. The second kappa shape index (κ2) is 7.85. The van der Waals surface area contributed by atoms with Crippen molar-refractivity contribution >= 4 is 17.6 Å². The van der Waals surface area contributed by atoms with Gasteiger partial charge < -0.3 is 9.64 Å². The number of aromatic nitrogens is 2. The zero-order chi connectivity index (χ0) is 19.6. The van der Waals surface area contributed by atoms with Gasteiger partial charge in [-0.05, 0) is 43.2 Å². The predicted molar refractivity (Wildman–Crippen MR) is 111 cm³/mol. The molecule has 1 aromatic heterocycles. The van der Waals surface area contributed by atoms with E-state index in [0.29, 0.717) is 6.61 Å². The van der Waals surface area contributed by atoms with Gasteiger partial charge >= 0.3 is 6.09 Å². The fraction of sp³-hybridized carbons (Fsp3) is 0.435. The first kappa shape index (κ1) is 18.2. The van der Waals surface area contributed by atoms with Crippen LogP contribution in [0, 0.1) is 0 Å². The van der Waals surface area contributed by atoms with Crippen molar-refractivity contribution in [2.45, 2.75) is 50.8 Å². The molecule has 3 aliphatic heterocycles. The van der Waals surface area contributed by atoms with E-state index in [2.05, 4.69) is 20.9 Å². The largest absolute Gasteiger partial charge is 0.445 e. The van der Waals surface area contributed by atoms with E-state index in [1.54, 1.807) is 0 Å². The van der Waals surface area contributed by atoms with Gasteiger partial charge in [0.25, 0.3) is 0 Å². The first-order valence-corrected chi connectivity index (χ1v) is 10.5. The Morgan fingerprint density at radius 1 is 1.07 bits per heavy atom. The van der Waals surface area contributed by atoms with Crippen molar-refractivity contribution in [3.8, 4) is 0 Å². The van der Waals surface area contributed by atoms with E-state index < -0.39 is 0 Å². The molecular formula is C23H26N4O2. The second-order valence-electron chi connectivity index (χ2n) is 8.11. The average Bonchev–Trinajstić information content (AvgIpc) is 3.39. The van der Waals surface area contributed by atoms with Crippen LogP contribution < -0.4 is 4.90 Å². The number of fused-ring (bicyclic) bond motifs is 2. The molecule has 0 aliphatic carbocycles. The topological polar surface area (TPSA) is 58.6 Å². The van der Waals surface area contributed by atoms with E-state index in [4.69, 9.17) is 4.74 Å². The van der Waals surface area contributed by atoms with Crippen LogP contribution in [0.1, 0.15) is 43.2 Å². The van der Waals surface area contributed by atoms with E-state index in [9.17, 15) is 4.79 Å². The summed E-state index contributed by atoms with van der Waals surface area (Å²) in [4.78, 5) is 26.1. The predicted octanol–water partition coefficient (Wildman–Crippen LogP) is 4.03. The Labute approximate surface area is 171 Å². The molecule has 1 amide bonds. The fourth-order valence-electron chi connectivity index (χ4n) is 4.69. The molecule has 150 valence electrons. The monoisotopic (exact) mass is 390 g/mol. The minimum absolute atomic E-state index is 0.102. The Hall–Kier alpha value is -2.89. The number of anilines is 1. The number of amides is 1. The number of nitrogens with zero attached hydrogens (tertiary/aromatic N) is 4. The summed E-state index contributed by atoms with van der Waals surface area (Å²) in [6, 6.07) is 10.1. The van der Waals surface area contributed by atoms with Crippen molar-refractivity contribution in [3.63, 3.8) is 0 Å². The molecule has 0 radical (unpaired) electrons. The molecule has 2 saturated heterocycles. The molecule has 3 aliphatic rings. The molecule has 4 heterocycles. The Morgan fingerprint density at radius 2 is 1.83 bits per heavy atom. The van der Waals surface area contributed by atoms with Crippen LogP contribution in [0.25, 0.3) is 5.57 Å². The van der Waals surface area contributed by atoms with Crippen LogP contribution in [0.3, 0.4) is 0 Å². The highest BCUT2D eigenvalue weighted by molar-refractivity contribution is 5.74. The maximum absolute atomic E-state index is 12.7. The van der Waals surface area contributed by atoms with Crippen LogP contribution in [0.5, 0.6) is 0 Å². The van der Waals surface area contributed by atoms with Crippen LogP contribution in [-0.4, -0.2) is 46.1 Å². The normalized spacial score (nSPS) is 23.2. The van der Waals surface area contributed by atoms with Gasteiger partial charge in [0.1, 0.15) is 6.61 Å². The van der Waals surface area contributed by atoms with Gasteiger partial charge in [0.15, 0.2) is 0 Å². The van der Waals surface area contributed by atoms with Gasteiger partial charge in [-0.25, -0.2) is 14.8 Å². The summed E-state index contributed by atoms with van der Waals surface area (Å²) in [6.07, 6.45) is 11.2. The molecule has 2 unspecified atom stereocenters. The summed E-state index contributed by atoms with van der Waals surface area (Å²) in [5.41, 5.74) is 3.33. The van der Waals surface area contributed by atoms with Crippen LogP contribution in [0.4, 0.5) is 10.7 Å². The van der Waals surface area contributed by atoms with E-state index >= 15 is 0 Å². The smallest absolute Gasteiger partial charge is 0.410 e. The highest BCUT2D eigenvalue weighted by Gasteiger charge is 2.40. The van der Waals surface area contributed by atoms with Crippen molar-refractivity contribution in [1.29, 1.82) is 0 Å². The maximum atomic E-state index is 12.7. The number of carbonyl (C=O) groups is 1. The lowest BCUT2D eigenvalue weighted by molar-refractivity contribution is 0.0832. The first-order valence-electron chi connectivity index (χ1n) is 10.5. The number of rotatable bonds is 4. The lowest BCUT2D eigenvalue weighted by atomic mass is 9.97. The molecule has 0 saturated carbocycles. The van der Waals surface area contributed by atoms with Gasteiger partial charge in [0.05, 0.1) is 6.04 Å². The molecule has 2 bridgehead atoms. The summed E-state index contributed by atoms with van der Waals surface area (Å²) in [6.45, 7) is 2.41. The van der Waals surface area contributed by atoms with Crippen molar-refractivity contribution in [3.05, 3.63) is 59.9 Å². The van der Waals surface area contributed by atoms with Gasteiger partial charge in [-0.1, -0.05) is 36.4 Å². The van der Waals surface area contributed by atoms with Crippen LogP contribution in [0.15, 0.2) is 48.8 Å². The molecule has 2 fully saturated rings. The second-order valence-corrected chi connectivity index (χ2v) is 8.11. The Bertz CT molecular complexity index is 891. The third-order valence-corrected chi connectivity index (χ3v) is 6.21. The van der Waals surface area contributed by atoms with Crippen LogP contribution in [-0.2, 0) is 11.3 Å². The number of carbonyl (C=O) groups excluding carboxylic acids is 1. The highest BCUT2D eigenvalue weighted by atomic mass is 16.6. The standard InChI is InChI=1S/C23H26N4O2/c28-23(29-16-17-6-2-1-3-7-17)27-20-8-9-21(27)13-18(12-20)19-14-24-22(25-15-19)26-10-4-5-11-26/h1-3,6-7,12,14-15,20-21H,4-5,8-11,13,16H2. The van der Waals surface area contributed by atoms with Gasteiger partial charge in [0.2, 0.25) is 5.95 Å². The summed E-state index contributed by atoms with van der Waals surface area (Å²) in [5.74, 6) is 0.830. The molecule has 6 nitrogen and oxygen atoms in total. The molecule has 0 spiro atoms. The summed E-state index contributed by atoms with van der Waals surface area (Å²) < 4.78 is 5.59. The zero-order valence-corrected chi connectivity index (χ0v) is 16.5. The Morgan fingerprint density at radius 3 is 2.55 bits per heavy atom. The quantitative estimate of drug-likeness (QED) is 0.789. The lowest BCUT2D eigenvalue weighted by Crippen LogP contribution is -2.43. The minimum Gasteiger partial charge on any atom is -0.445 e. The molecular weight excluding hydrogens is 364 g/mol. The number of hydrogen-bond acceptors (Lipinski definition) is 5. The van der Waals surface area contributed by atoms with E-state index in [0.717, 1.165) is 49.4 Å². The maximum Gasteiger partial charge on any atom is 0.410 e. The Kier molecular flexibility index (Phi) is 4.92. The molecule has 2 aromatic rings. The van der Waals surface area contributed by atoms with Crippen molar-refractivity contribution < 1.29 is 9.53 Å². The van der Waals surface area contributed by atoms with Gasteiger partial charge in [-0.2, -0.15) is 0 Å². The van der Waals surface area contributed by atoms with Crippen LogP contribution >= 0.6 is 0 Å². The molecule has 5 rings (SSSR count). The van der Waals surface area contributed by atoms with E-state index in [-0.39, 0.29) is 18.2 Å². The van der Waals surface area contributed by atoms with E-state index in [1.165, 1.54) is 18.4 Å². The third kappa shape index (κ3) is 3.71. The highest BCUT2D eigenvalue weighted by Crippen LogP contribution is 2.38.